The molecule has 0 amide bonds. The Bertz CT molecular complexity index is 173. The van der Waals surface area contributed by atoms with Crippen molar-refractivity contribution >= 4 is 5.78 Å². The number of carbonyl (C=O) groups is 1. The number of aliphatic hydroxyl groups excluding tert-OH is 1. The first-order valence-corrected chi connectivity index (χ1v) is 5.32. The molecule has 1 unspecified atom stereocenters. The van der Waals surface area contributed by atoms with Crippen molar-refractivity contribution in [3.63, 3.8) is 0 Å². The molecule has 0 radical (unpaired) electrons. The zero-order valence-corrected chi connectivity index (χ0v) is 9.76. The Labute approximate surface area is 86.9 Å². The lowest BCUT2D eigenvalue weighted by molar-refractivity contribution is -0.127. The van der Waals surface area contributed by atoms with E-state index in [-0.39, 0.29) is 11.3 Å². The van der Waals surface area contributed by atoms with Gasteiger partial charge < -0.3 is 10.4 Å². The number of rotatable bonds is 6. The SMILES string of the molecule is CCC(O)C(=O)CCCNC(C)(C)C. The third kappa shape index (κ3) is 7.04. The van der Waals surface area contributed by atoms with Gasteiger partial charge in [-0.05, 0) is 40.2 Å². The van der Waals surface area contributed by atoms with Crippen molar-refractivity contribution in [1.82, 2.24) is 5.32 Å². The van der Waals surface area contributed by atoms with Crippen LogP contribution in [0.5, 0.6) is 0 Å². The summed E-state index contributed by atoms with van der Waals surface area (Å²) < 4.78 is 0. The van der Waals surface area contributed by atoms with Crippen LogP contribution < -0.4 is 5.32 Å². The number of carbonyl (C=O) groups excluding carboxylic acids is 1. The number of aliphatic hydroxyl groups is 1. The normalized spacial score (nSPS) is 14.1. The van der Waals surface area contributed by atoms with Gasteiger partial charge in [0, 0.05) is 12.0 Å². The first-order chi connectivity index (χ1) is 6.37. The van der Waals surface area contributed by atoms with Crippen molar-refractivity contribution in [3.8, 4) is 0 Å². The molecule has 3 heteroatoms. The third-order valence-corrected chi connectivity index (χ3v) is 2.01. The Morgan fingerprint density at radius 3 is 2.43 bits per heavy atom. The van der Waals surface area contributed by atoms with E-state index in [0.717, 1.165) is 13.0 Å². The minimum absolute atomic E-state index is 0.0387. The quantitative estimate of drug-likeness (QED) is 0.640. The Morgan fingerprint density at radius 1 is 1.43 bits per heavy atom. The van der Waals surface area contributed by atoms with Crippen LogP contribution in [0.15, 0.2) is 0 Å². The molecule has 14 heavy (non-hydrogen) atoms. The number of nitrogens with one attached hydrogen (secondary N) is 1. The average Bonchev–Trinajstić information content (AvgIpc) is 2.09. The molecule has 84 valence electrons. The van der Waals surface area contributed by atoms with E-state index in [1.165, 1.54) is 0 Å². The molecule has 0 saturated carbocycles. The highest BCUT2D eigenvalue weighted by atomic mass is 16.3. The van der Waals surface area contributed by atoms with E-state index in [0.29, 0.717) is 12.8 Å². The predicted molar refractivity (Wildman–Crippen MR) is 58.3 cm³/mol. The summed E-state index contributed by atoms with van der Waals surface area (Å²) in [6, 6.07) is 0. The molecule has 0 heterocycles. The number of Topliss-reactive ketones (excluding diaryl/α,β-unsaturated/α-hetero) is 1. The lowest BCUT2D eigenvalue weighted by atomic mass is 10.1. The number of ketones is 1. The fourth-order valence-corrected chi connectivity index (χ4v) is 1.12. The maximum absolute atomic E-state index is 11.2. The Morgan fingerprint density at radius 2 is 2.00 bits per heavy atom. The van der Waals surface area contributed by atoms with Gasteiger partial charge in [-0.1, -0.05) is 6.92 Å². The van der Waals surface area contributed by atoms with E-state index in [1.807, 2.05) is 6.92 Å². The molecule has 0 aromatic carbocycles. The van der Waals surface area contributed by atoms with Crippen LogP contribution in [0.2, 0.25) is 0 Å². The van der Waals surface area contributed by atoms with Crippen molar-refractivity contribution < 1.29 is 9.90 Å². The summed E-state index contributed by atoms with van der Waals surface area (Å²) in [5.74, 6) is -0.0387. The monoisotopic (exact) mass is 201 g/mol. The van der Waals surface area contributed by atoms with Crippen LogP contribution in [0.1, 0.15) is 47.0 Å². The molecule has 0 bridgehead atoms. The largest absolute Gasteiger partial charge is 0.385 e. The molecule has 3 nitrogen and oxygen atoms in total. The van der Waals surface area contributed by atoms with E-state index >= 15 is 0 Å². The number of hydrogen-bond donors (Lipinski definition) is 2. The fourth-order valence-electron chi connectivity index (χ4n) is 1.12. The summed E-state index contributed by atoms with van der Waals surface area (Å²) in [5, 5.41) is 12.5. The lowest BCUT2D eigenvalue weighted by Crippen LogP contribution is -2.36. The maximum atomic E-state index is 11.2. The van der Waals surface area contributed by atoms with E-state index < -0.39 is 6.10 Å². The van der Waals surface area contributed by atoms with E-state index in [2.05, 4.69) is 26.1 Å². The molecule has 1 atom stereocenters. The Balaban J connectivity index is 3.51. The van der Waals surface area contributed by atoms with Crippen LogP contribution in [-0.4, -0.2) is 29.1 Å². The van der Waals surface area contributed by atoms with Gasteiger partial charge in [-0.15, -0.1) is 0 Å². The zero-order chi connectivity index (χ0) is 11.2. The fraction of sp³-hybridized carbons (Fsp3) is 0.909. The Kier molecular flexibility index (Phi) is 5.96. The molecule has 0 aliphatic rings. The van der Waals surface area contributed by atoms with Crippen LogP contribution in [-0.2, 0) is 4.79 Å². The van der Waals surface area contributed by atoms with Crippen LogP contribution in [0, 0.1) is 0 Å². The van der Waals surface area contributed by atoms with Crippen LogP contribution >= 0.6 is 0 Å². The van der Waals surface area contributed by atoms with E-state index in [1.54, 1.807) is 0 Å². The van der Waals surface area contributed by atoms with Crippen molar-refractivity contribution in [2.24, 2.45) is 0 Å². The van der Waals surface area contributed by atoms with Crippen molar-refractivity contribution in [3.05, 3.63) is 0 Å². The molecule has 0 saturated heterocycles. The van der Waals surface area contributed by atoms with Gasteiger partial charge in [0.2, 0.25) is 0 Å². The van der Waals surface area contributed by atoms with Crippen molar-refractivity contribution in [2.45, 2.75) is 58.6 Å². The van der Waals surface area contributed by atoms with Crippen LogP contribution in [0.4, 0.5) is 0 Å². The second-order valence-electron chi connectivity index (χ2n) is 4.67. The third-order valence-electron chi connectivity index (χ3n) is 2.01. The van der Waals surface area contributed by atoms with E-state index in [9.17, 15) is 9.90 Å². The molecule has 0 rings (SSSR count). The average molecular weight is 201 g/mol. The highest BCUT2D eigenvalue weighted by Crippen LogP contribution is 2.02. The number of hydrogen-bond acceptors (Lipinski definition) is 3. The van der Waals surface area contributed by atoms with Crippen molar-refractivity contribution in [2.75, 3.05) is 6.54 Å². The van der Waals surface area contributed by atoms with Gasteiger partial charge in [0.25, 0.3) is 0 Å². The van der Waals surface area contributed by atoms with Gasteiger partial charge in [-0.25, -0.2) is 0 Å². The molecular formula is C11H23NO2. The standard InChI is InChI=1S/C11H23NO2/c1-5-9(13)10(14)7-6-8-12-11(2,3)4/h9,12-13H,5-8H2,1-4H3. The topological polar surface area (TPSA) is 49.3 Å². The molecule has 0 aliphatic carbocycles. The summed E-state index contributed by atoms with van der Waals surface area (Å²) in [7, 11) is 0. The van der Waals surface area contributed by atoms with Gasteiger partial charge >= 0.3 is 0 Å². The molecule has 0 aliphatic heterocycles. The second kappa shape index (κ2) is 6.14. The minimum Gasteiger partial charge on any atom is -0.385 e. The second-order valence-corrected chi connectivity index (χ2v) is 4.67. The molecule has 2 N–H and O–H groups in total. The summed E-state index contributed by atoms with van der Waals surface area (Å²) in [4.78, 5) is 11.2. The summed E-state index contributed by atoms with van der Waals surface area (Å²) in [5.41, 5.74) is 0.104. The van der Waals surface area contributed by atoms with Gasteiger partial charge in [-0.2, -0.15) is 0 Å². The summed E-state index contributed by atoms with van der Waals surface area (Å²) in [6.07, 6.45) is 1.03. The van der Waals surface area contributed by atoms with Crippen LogP contribution in [0.3, 0.4) is 0 Å². The van der Waals surface area contributed by atoms with Gasteiger partial charge in [0.05, 0.1) is 0 Å². The molecular weight excluding hydrogens is 178 g/mol. The van der Waals surface area contributed by atoms with Gasteiger partial charge in [0.15, 0.2) is 5.78 Å². The van der Waals surface area contributed by atoms with Crippen molar-refractivity contribution in [1.29, 1.82) is 0 Å². The van der Waals surface area contributed by atoms with Gasteiger partial charge in [0.1, 0.15) is 6.10 Å². The first kappa shape index (κ1) is 13.6. The maximum Gasteiger partial charge on any atom is 0.161 e. The smallest absolute Gasteiger partial charge is 0.161 e. The highest BCUT2D eigenvalue weighted by Gasteiger charge is 2.12. The van der Waals surface area contributed by atoms with Gasteiger partial charge in [-0.3, -0.25) is 4.79 Å². The Hall–Kier alpha value is -0.410. The van der Waals surface area contributed by atoms with E-state index in [4.69, 9.17) is 0 Å². The summed E-state index contributed by atoms with van der Waals surface area (Å²) in [6.45, 7) is 8.92. The first-order valence-electron chi connectivity index (χ1n) is 5.32. The molecule has 0 fully saturated rings. The predicted octanol–water partition coefficient (Wildman–Crippen LogP) is 1.49. The minimum atomic E-state index is -0.760. The lowest BCUT2D eigenvalue weighted by Gasteiger charge is -2.20. The molecule has 0 aromatic rings. The summed E-state index contributed by atoms with van der Waals surface area (Å²) >= 11 is 0. The highest BCUT2D eigenvalue weighted by molar-refractivity contribution is 5.82. The molecule has 0 spiro atoms. The zero-order valence-electron chi connectivity index (χ0n) is 9.76. The molecule has 0 aromatic heterocycles. The van der Waals surface area contributed by atoms with Crippen LogP contribution in [0.25, 0.3) is 0 Å².